The number of fused-ring (bicyclic) bond motifs is 1. The number of ether oxygens (including phenoxy) is 1. The quantitative estimate of drug-likeness (QED) is 0.298. The van der Waals surface area contributed by atoms with Crippen LogP contribution in [0.1, 0.15) is 50.6 Å². The van der Waals surface area contributed by atoms with E-state index in [1.165, 1.54) is 12.0 Å². The van der Waals surface area contributed by atoms with Crippen LogP contribution < -0.4 is 10.6 Å². The lowest BCUT2D eigenvalue weighted by molar-refractivity contribution is 0.0601. The molecule has 33 heavy (non-hydrogen) atoms. The Kier molecular flexibility index (Phi) is 7.28. The summed E-state index contributed by atoms with van der Waals surface area (Å²) in [5, 5.41) is 13.4. The molecule has 4 rings (SSSR count). The Morgan fingerprint density at radius 2 is 1.91 bits per heavy atom. The van der Waals surface area contributed by atoms with E-state index in [1.54, 1.807) is 11.3 Å². The van der Waals surface area contributed by atoms with Crippen molar-refractivity contribution in [2.45, 2.75) is 46.1 Å². The van der Waals surface area contributed by atoms with E-state index >= 15 is 0 Å². The van der Waals surface area contributed by atoms with Crippen molar-refractivity contribution < 1.29 is 9.53 Å². The molecular weight excluding hydrogens is 499 g/mol. The number of anilines is 2. The number of methoxy groups -OCH3 is 1. The number of thiocarbonyl (C=S) groups is 1. The summed E-state index contributed by atoms with van der Waals surface area (Å²) < 4.78 is 6.89. The molecule has 1 aliphatic carbocycles. The van der Waals surface area contributed by atoms with Crippen LogP contribution in [0.15, 0.2) is 18.2 Å². The molecule has 10 heteroatoms. The highest BCUT2D eigenvalue weighted by Crippen LogP contribution is 2.38. The van der Waals surface area contributed by atoms with E-state index in [1.807, 2.05) is 36.7 Å². The predicted octanol–water partition coefficient (Wildman–Crippen LogP) is 6.39. The zero-order valence-corrected chi connectivity index (χ0v) is 21.7. The standard InChI is InChI=1S/C23H24Cl2N4O2S2/c1-12-20(13(2)29(28-12)11-15-16(24)8-6-9-17(15)25)26-23(32)27-21-19(22(30)31-3)14-7-4-5-10-18(14)33-21/h6,8-9H,4-5,7,10-11H2,1-3H3,(H2,26,27,32). The van der Waals surface area contributed by atoms with Gasteiger partial charge in [-0.1, -0.05) is 29.3 Å². The summed E-state index contributed by atoms with van der Waals surface area (Å²) in [6.07, 6.45) is 4.06. The van der Waals surface area contributed by atoms with Gasteiger partial charge in [-0.15, -0.1) is 11.3 Å². The van der Waals surface area contributed by atoms with Gasteiger partial charge >= 0.3 is 5.97 Å². The van der Waals surface area contributed by atoms with Gasteiger partial charge in [0.05, 0.1) is 36.3 Å². The molecule has 0 saturated carbocycles. The SMILES string of the molecule is COC(=O)c1c(NC(=S)Nc2c(C)nn(Cc3c(Cl)cccc3Cl)c2C)sc2c1CCCC2. The molecule has 2 aromatic heterocycles. The molecular formula is C23H24Cl2N4O2S2. The molecule has 1 aromatic carbocycles. The number of hydrogen-bond acceptors (Lipinski definition) is 5. The van der Waals surface area contributed by atoms with Gasteiger partial charge in [-0.2, -0.15) is 5.10 Å². The smallest absolute Gasteiger partial charge is 0.341 e. The third-order valence-electron chi connectivity index (χ3n) is 5.78. The fourth-order valence-electron chi connectivity index (χ4n) is 4.08. The summed E-state index contributed by atoms with van der Waals surface area (Å²) >= 11 is 19.8. The van der Waals surface area contributed by atoms with E-state index in [0.29, 0.717) is 27.3 Å². The molecule has 2 N–H and O–H groups in total. The molecule has 0 unspecified atom stereocenters. The first-order valence-electron chi connectivity index (χ1n) is 10.6. The van der Waals surface area contributed by atoms with E-state index in [9.17, 15) is 4.79 Å². The Bertz CT molecular complexity index is 1220. The zero-order chi connectivity index (χ0) is 23.7. The lowest BCUT2D eigenvalue weighted by Gasteiger charge is -2.13. The van der Waals surface area contributed by atoms with Crippen molar-refractivity contribution in [3.05, 3.63) is 61.2 Å². The van der Waals surface area contributed by atoms with Crippen LogP contribution >= 0.6 is 46.8 Å². The predicted molar refractivity (Wildman–Crippen MR) is 139 cm³/mol. The average molecular weight is 524 g/mol. The fraction of sp³-hybridized carbons (Fsp3) is 0.348. The van der Waals surface area contributed by atoms with Crippen LogP contribution in [0.5, 0.6) is 0 Å². The van der Waals surface area contributed by atoms with Crippen LogP contribution in [-0.2, 0) is 24.1 Å². The minimum Gasteiger partial charge on any atom is -0.465 e. The Labute approximate surface area is 212 Å². The largest absolute Gasteiger partial charge is 0.465 e. The van der Waals surface area contributed by atoms with Crippen LogP contribution in [0, 0.1) is 13.8 Å². The van der Waals surface area contributed by atoms with Gasteiger partial charge in [0.15, 0.2) is 5.11 Å². The molecule has 0 fully saturated rings. The molecule has 6 nitrogen and oxygen atoms in total. The van der Waals surface area contributed by atoms with E-state index in [0.717, 1.165) is 58.9 Å². The number of nitrogens with one attached hydrogen (secondary N) is 2. The maximum absolute atomic E-state index is 12.5. The zero-order valence-electron chi connectivity index (χ0n) is 18.6. The second kappa shape index (κ2) is 10.0. The van der Waals surface area contributed by atoms with E-state index < -0.39 is 0 Å². The highest BCUT2D eigenvalue weighted by molar-refractivity contribution is 7.80. The first kappa shape index (κ1) is 24.0. The molecule has 0 aliphatic heterocycles. The maximum atomic E-state index is 12.5. The van der Waals surface area contributed by atoms with Crippen molar-refractivity contribution in [1.82, 2.24) is 9.78 Å². The highest BCUT2D eigenvalue weighted by atomic mass is 35.5. The summed E-state index contributed by atoms with van der Waals surface area (Å²) in [7, 11) is 1.40. The van der Waals surface area contributed by atoms with Gasteiger partial charge in [-0.3, -0.25) is 4.68 Å². The minimum absolute atomic E-state index is 0.337. The van der Waals surface area contributed by atoms with Crippen molar-refractivity contribution in [2.24, 2.45) is 0 Å². The van der Waals surface area contributed by atoms with E-state index in [-0.39, 0.29) is 5.97 Å². The van der Waals surface area contributed by atoms with Crippen molar-refractivity contribution in [2.75, 3.05) is 17.7 Å². The summed E-state index contributed by atoms with van der Waals surface area (Å²) in [5.41, 5.74) is 4.98. The number of benzene rings is 1. The number of esters is 1. The van der Waals surface area contributed by atoms with Crippen molar-refractivity contribution in [3.63, 3.8) is 0 Å². The van der Waals surface area contributed by atoms with E-state index in [2.05, 4.69) is 15.7 Å². The number of halogens is 2. The van der Waals surface area contributed by atoms with Gasteiger partial charge < -0.3 is 15.4 Å². The first-order chi connectivity index (χ1) is 15.8. The van der Waals surface area contributed by atoms with Gasteiger partial charge in [0.25, 0.3) is 0 Å². The second-order valence-corrected chi connectivity index (χ2v) is 10.2. The maximum Gasteiger partial charge on any atom is 0.341 e. The number of carbonyl (C=O) groups excluding carboxylic acids is 1. The first-order valence-corrected chi connectivity index (χ1v) is 12.6. The van der Waals surface area contributed by atoms with E-state index in [4.69, 9.17) is 40.2 Å². The molecule has 2 heterocycles. The molecule has 3 aromatic rings. The lowest BCUT2D eigenvalue weighted by Crippen LogP contribution is -2.21. The Hall–Kier alpha value is -2.13. The normalized spacial score (nSPS) is 12.9. The summed E-state index contributed by atoms with van der Waals surface area (Å²) in [6, 6.07) is 5.44. The van der Waals surface area contributed by atoms with Gasteiger partial charge in [0, 0.05) is 20.5 Å². The van der Waals surface area contributed by atoms with Crippen LogP contribution in [0.4, 0.5) is 10.7 Å². The molecule has 174 valence electrons. The van der Waals surface area contributed by atoms with Crippen LogP contribution in [0.3, 0.4) is 0 Å². The van der Waals surface area contributed by atoms with Crippen molar-refractivity contribution in [3.8, 4) is 0 Å². The number of aryl methyl sites for hydroxylation is 2. The fourth-order valence-corrected chi connectivity index (χ4v) is 6.15. The number of nitrogens with zero attached hydrogens (tertiary/aromatic N) is 2. The highest BCUT2D eigenvalue weighted by Gasteiger charge is 2.26. The molecule has 0 saturated heterocycles. The lowest BCUT2D eigenvalue weighted by atomic mass is 9.95. The van der Waals surface area contributed by atoms with Crippen molar-refractivity contribution >= 4 is 68.5 Å². The molecule has 0 bridgehead atoms. The molecule has 0 amide bonds. The molecule has 0 atom stereocenters. The Morgan fingerprint density at radius 3 is 2.61 bits per heavy atom. The van der Waals surface area contributed by atoms with Gasteiger partial charge in [-0.25, -0.2) is 4.79 Å². The summed E-state index contributed by atoms with van der Waals surface area (Å²) in [5.74, 6) is -0.337. The van der Waals surface area contributed by atoms with Crippen LogP contribution in [-0.4, -0.2) is 28.0 Å². The number of thiophene rings is 1. The van der Waals surface area contributed by atoms with Gasteiger partial charge in [0.2, 0.25) is 0 Å². The third-order valence-corrected chi connectivity index (χ3v) is 7.90. The second-order valence-electron chi connectivity index (χ2n) is 7.89. The Morgan fingerprint density at radius 1 is 1.21 bits per heavy atom. The minimum atomic E-state index is -0.337. The molecule has 0 spiro atoms. The topological polar surface area (TPSA) is 68.2 Å². The molecule has 1 aliphatic rings. The third kappa shape index (κ3) is 4.89. The number of rotatable bonds is 5. The monoisotopic (exact) mass is 522 g/mol. The number of aromatic nitrogens is 2. The summed E-state index contributed by atoms with van der Waals surface area (Å²) in [4.78, 5) is 13.7. The number of hydrogen-bond donors (Lipinski definition) is 2. The van der Waals surface area contributed by atoms with Crippen LogP contribution in [0.25, 0.3) is 0 Å². The van der Waals surface area contributed by atoms with Gasteiger partial charge in [-0.05, 0) is 69.4 Å². The van der Waals surface area contributed by atoms with Gasteiger partial charge in [0.1, 0.15) is 5.00 Å². The average Bonchev–Trinajstić information content (AvgIpc) is 3.27. The molecule has 0 radical (unpaired) electrons. The van der Waals surface area contributed by atoms with Crippen molar-refractivity contribution in [1.29, 1.82) is 0 Å². The summed E-state index contributed by atoms with van der Waals surface area (Å²) in [6.45, 7) is 4.31. The number of carbonyl (C=O) groups is 1. The Balaban J connectivity index is 1.56. The van der Waals surface area contributed by atoms with Crippen LogP contribution in [0.2, 0.25) is 10.0 Å².